The normalized spacial score (nSPS) is 9.90. The topological polar surface area (TPSA) is 68.3 Å². The van der Waals surface area contributed by atoms with E-state index in [1.807, 2.05) is 0 Å². The van der Waals surface area contributed by atoms with Crippen LogP contribution in [-0.2, 0) is 4.74 Å². The molecule has 0 aliphatic heterocycles. The lowest BCUT2D eigenvalue weighted by atomic mass is 10.2. The van der Waals surface area contributed by atoms with Gasteiger partial charge < -0.3 is 10.1 Å². The van der Waals surface area contributed by atoms with Crippen LogP contribution < -0.4 is 5.32 Å². The van der Waals surface area contributed by atoms with Gasteiger partial charge in [0.1, 0.15) is 5.82 Å². The maximum Gasteiger partial charge on any atom is 0.339 e. The summed E-state index contributed by atoms with van der Waals surface area (Å²) in [6, 6.07) is 9.61. The lowest BCUT2D eigenvalue weighted by molar-refractivity contribution is 0.0600. The molecule has 6 heteroatoms. The fourth-order valence-electron chi connectivity index (χ4n) is 1.52. The van der Waals surface area contributed by atoms with Crippen molar-refractivity contribution < 1.29 is 14.3 Å². The Hall–Kier alpha value is -2.40. The Kier molecular flexibility index (Phi) is 4.32. The van der Waals surface area contributed by atoms with Crippen molar-refractivity contribution in [1.29, 1.82) is 0 Å². The van der Waals surface area contributed by atoms with E-state index in [0.717, 1.165) is 0 Å². The molecule has 1 heterocycles. The number of pyridine rings is 1. The van der Waals surface area contributed by atoms with E-state index in [-0.39, 0.29) is 5.91 Å². The molecule has 0 aliphatic rings. The highest BCUT2D eigenvalue weighted by atomic mass is 35.5. The molecule has 1 aromatic carbocycles. The van der Waals surface area contributed by atoms with E-state index in [1.54, 1.807) is 24.3 Å². The number of methoxy groups -OCH3 is 1. The number of hydrogen-bond acceptors (Lipinski definition) is 4. The Morgan fingerprint density at radius 1 is 1.20 bits per heavy atom. The van der Waals surface area contributed by atoms with Gasteiger partial charge in [-0.1, -0.05) is 17.7 Å². The van der Waals surface area contributed by atoms with Crippen molar-refractivity contribution in [3.8, 4) is 0 Å². The number of nitrogens with one attached hydrogen (secondary N) is 1. The van der Waals surface area contributed by atoms with E-state index in [4.69, 9.17) is 11.6 Å². The molecule has 0 spiro atoms. The zero-order chi connectivity index (χ0) is 14.5. The first-order chi connectivity index (χ1) is 9.60. The Morgan fingerprint density at radius 2 is 2.00 bits per heavy atom. The zero-order valence-corrected chi connectivity index (χ0v) is 11.3. The lowest BCUT2D eigenvalue weighted by Crippen LogP contribution is -2.13. The van der Waals surface area contributed by atoms with E-state index >= 15 is 0 Å². The minimum absolute atomic E-state index is 0.313. The van der Waals surface area contributed by atoms with Crippen molar-refractivity contribution in [3.05, 3.63) is 58.7 Å². The van der Waals surface area contributed by atoms with E-state index < -0.39 is 5.97 Å². The van der Waals surface area contributed by atoms with Crippen LogP contribution >= 0.6 is 11.6 Å². The van der Waals surface area contributed by atoms with E-state index in [1.165, 1.54) is 25.4 Å². The Bertz CT molecular complexity index is 641. The Morgan fingerprint density at radius 3 is 2.60 bits per heavy atom. The van der Waals surface area contributed by atoms with E-state index in [2.05, 4.69) is 15.0 Å². The number of hydrogen-bond donors (Lipinski definition) is 1. The number of halogens is 1. The highest BCUT2D eigenvalue weighted by molar-refractivity contribution is 6.31. The summed E-state index contributed by atoms with van der Waals surface area (Å²) in [7, 11) is 1.29. The predicted molar refractivity (Wildman–Crippen MR) is 75.0 cm³/mol. The molecule has 0 saturated heterocycles. The maximum absolute atomic E-state index is 11.9. The van der Waals surface area contributed by atoms with Crippen molar-refractivity contribution in [2.24, 2.45) is 0 Å². The van der Waals surface area contributed by atoms with Gasteiger partial charge in [0.15, 0.2) is 0 Å². The molecule has 2 aromatic rings. The quantitative estimate of drug-likeness (QED) is 0.883. The predicted octanol–water partition coefficient (Wildman–Crippen LogP) is 2.77. The summed E-state index contributed by atoms with van der Waals surface area (Å²) >= 11 is 5.82. The standard InChI is InChI=1S/C14H11ClN2O3/c1-20-14(19)10-5-6-12(16-8-10)17-13(18)9-3-2-4-11(15)7-9/h2-8H,1H3,(H,16,17,18). The van der Waals surface area contributed by atoms with Crippen LogP contribution in [-0.4, -0.2) is 24.0 Å². The number of esters is 1. The molecule has 102 valence electrons. The van der Waals surface area contributed by atoms with Gasteiger partial charge in [-0.05, 0) is 30.3 Å². The van der Waals surface area contributed by atoms with Crippen LogP contribution in [0.2, 0.25) is 5.02 Å². The molecule has 0 bridgehead atoms. The highest BCUT2D eigenvalue weighted by Crippen LogP contribution is 2.13. The molecule has 5 nitrogen and oxygen atoms in total. The second-order valence-electron chi connectivity index (χ2n) is 3.89. The fourth-order valence-corrected chi connectivity index (χ4v) is 1.71. The summed E-state index contributed by atoms with van der Waals surface area (Å²) in [5.74, 6) is -0.473. The van der Waals surface area contributed by atoms with E-state index in [0.29, 0.717) is 22.0 Å². The molecule has 0 aliphatic carbocycles. The number of ether oxygens (including phenoxy) is 1. The molecule has 0 fully saturated rings. The van der Waals surface area contributed by atoms with Crippen molar-refractivity contribution in [3.63, 3.8) is 0 Å². The number of anilines is 1. The molecule has 1 amide bonds. The van der Waals surface area contributed by atoms with Gasteiger partial charge in [0, 0.05) is 16.8 Å². The molecule has 1 aromatic heterocycles. The average Bonchev–Trinajstić information content (AvgIpc) is 2.47. The first-order valence-corrected chi connectivity index (χ1v) is 6.09. The monoisotopic (exact) mass is 290 g/mol. The molecule has 0 unspecified atom stereocenters. The summed E-state index contributed by atoms with van der Waals surface area (Å²) in [6.07, 6.45) is 1.33. The van der Waals surface area contributed by atoms with Gasteiger partial charge in [-0.2, -0.15) is 0 Å². The van der Waals surface area contributed by atoms with Gasteiger partial charge in [-0.25, -0.2) is 9.78 Å². The molecular formula is C14H11ClN2O3. The molecule has 1 N–H and O–H groups in total. The van der Waals surface area contributed by atoms with Crippen LogP contribution in [0, 0.1) is 0 Å². The Labute approximate surface area is 120 Å². The first-order valence-electron chi connectivity index (χ1n) is 5.71. The second-order valence-corrected chi connectivity index (χ2v) is 4.32. The van der Waals surface area contributed by atoms with Gasteiger partial charge >= 0.3 is 5.97 Å². The number of nitrogens with zero attached hydrogens (tertiary/aromatic N) is 1. The number of carbonyl (C=O) groups excluding carboxylic acids is 2. The number of aromatic nitrogens is 1. The summed E-state index contributed by atoms with van der Waals surface area (Å²) < 4.78 is 4.56. The third kappa shape index (κ3) is 3.33. The fraction of sp³-hybridized carbons (Fsp3) is 0.0714. The minimum Gasteiger partial charge on any atom is -0.465 e. The Balaban J connectivity index is 2.10. The average molecular weight is 291 g/mol. The third-order valence-corrected chi connectivity index (χ3v) is 2.75. The van der Waals surface area contributed by atoms with Crippen LogP contribution in [0.1, 0.15) is 20.7 Å². The van der Waals surface area contributed by atoms with Gasteiger partial charge in [0.05, 0.1) is 12.7 Å². The molecule has 20 heavy (non-hydrogen) atoms. The van der Waals surface area contributed by atoms with Gasteiger partial charge in [0.25, 0.3) is 5.91 Å². The van der Waals surface area contributed by atoms with Crippen molar-refractivity contribution >= 4 is 29.3 Å². The van der Waals surface area contributed by atoms with Crippen LogP contribution in [0.15, 0.2) is 42.6 Å². The smallest absolute Gasteiger partial charge is 0.339 e. The van der Waals surface area contributed by atoms with Crippen molar-refractivity contribution in [2.75, 3.05) is 12.4 Å². The number of carbonyl (C=O) groups is 2. The first kappa shape index (κ1) is 14.0. The number of amides is 1. The SMILES string of the molecule is COC(=O)c1ccc(NC(=O)c2cccc(Cl)c2)nc1. The molecule has 0 saturated carbocycles. The van der Waals surface area contributed by atoms with Gasteiger partial charge in [0.2, 0.25) is 0 Å². The van der Waals surface area contributed by atoms with Gasteiger partial charge in [-0.3, -0.25) is 4.79 Å². The molecule has 0 atom stereocenters. The second kappa shape index (κ2) is 6.16. The van der Waals surface area contributed by atoms with Gasteiger partial charge in [-0.15, -0.1) is 0 Å². The molecule has 0 radical (unpaired) electrons. The van der Waals surface area contributed by atoms with E-state index in [9.17, 15) is 9.59 Å². The minimum atomic E-state index is -0.481. The van der Waals surface area contributed by atoms with Crippen LogP contribution in [0.5, 0.6) is 0 Å². The molecular weight excluding hydrogens is 280 g/mol. The number of benzene rings is 1. The summed E-state index contributed by atoms with van der Waals surface area (Å²) in [6.45, 7) is 0. The highest BCUT2D eigenvalue weighted by Gasteiger charge is 2.09. The van der Waals surface area contributed by atoms with Crippen molar-refractivity contribution in [1.82, 2.24) is 4.98 Å². The summed E-state index contributed by atoms with van der Waals surface area (Å²) in [5.41, 5.74) is 0.740. The van der Waals surface area contributed by atoms with Crippen LogP contribution in [0.4, 0.5) is 5.82 Å². The van der Waals surface area contributed by atoms with Crippen molar-refractivity contribution in [2.45, 2.75) is 0 Å². The summed E-state index contributed by atoms with van der Waals surface area (Å²) in [4.78, 5) is 27.2. The lowest BCUT2D eigenvalue weighted by Gasteiger charge is -2.05. The maximum atomic E-state index is 11.9. The van der Waals surface area contributed by atoms with Crippen LogP contribution in [0.25, 0.3) is 0 Å². The van der Waals surface area contributed by atoms with Crippen LogP contribution in [0.3, 0.4) is 0 Å². The molecule has 2 rings (SSSR count). The number of rotatable bonds is 3. The zero-order valence-electron chi connectivity index (χ0n) is 10.6. The third-order valence-electron chi connectivity index (χ3n) is 2.51. The summed E-state index contributed by atoms with van der Waals surface area (Å²) in [5, 5.41) is 3.09. The largest absolute Gasteiger partial charge is 0.465 e.